The fraction of sp³-hybridized carbons (Fsp3) is 0.133. The molecule has 0 radical (unpaired) electrons. The zero-order chi connectivity index (χ0) is 13.9. The number of carbonyl (C=O) groups excluding carboxylic acids is 1. The quantitative estimate of drug-likeness (QED) is 0.682. The van der Waals surface area contributed by atoms with Crippen LogP contribution >= 0.6 is 0 Å². The van der Waals surface area contributed by atoms with Gasteiger partial charge in [0.25, 0.3) is 0 Å². The molecule has 0 atom stereocenters. The maximum Gasteiger partial charge on any atom is 0.166 e. The number of hydrogen-bond donors (Lipinski definition) is 0. The molecule has 100 valence electrons. The predicted molar refractivity (Wildman–Crippen MR) is 75.0 cm³/mol. The number of carbonyl (C=O) groups is 1. The average molecular weight is 267 g/mol. The van der Waals surface area contributed by atoms with Gasteiger partial charge in [-0.2, -0.15) is 5.10 Å². The predicted octanol–water partition coefficient (Wildman–Crippen LogP) is 2.61. The van der Waals surface area contributed by atoms with Crippen LogP contribution in [0.5, 0.6) is 5.75 Å². The molecule has 1 aromatic carbocycles. The second-order valence-corrected chi connectivity index (χ2v) is 4.23. The SMILES string of the molecule is CCOc1ccc(-c2nn3cccnc3c2C=O)cc1. The monoisotopic (exact) mass is 267 g/mol. The van der Waals surface area contributed by atoms with Crippen molar-refractivity contribution in [1.82, 2.24) is 14.6 Å². The van der Waals surface area contributed by atoms with Gasteiger partial charge in [0.15, 0.2) is 11.9 Å². The van der Waals surface area contributed by atoms with Crippen molar-refractivity contribution >= 4 is 11.9 Å². The molecule has 0 aliphatic carbocycles. The highest BCUT2D eigenvalue weighted by Gasteiger charge is 2.14. The standard InChI is InChI=1S/C15H13N3O2/c1-2-20-12-6-4-11(5-7-12)14-13(10-19)15-16-8-3-9-18(15)17-14/h3-10H,2H2,1H3. The van der Waals surface area contributed by atoms with Crippen molar-refractivity contribution in [3.8, 4) is 17.0 Å². The minimum Gasteiger partial charge on any atom is -0.494 e. The Morgan fingerprint density at radius 1 is 1.30 bits per heavy atom. The van der Waals surface area contributed by atoms with Crippen molar-refractivity contribution < 1.29 is 9.53 Å². The van der Waals surface area contributed by atoms with Crippen LogP contribution in [0.15, 0.2) is 42.7 Å². The van der Waals surface area contributed by atoms with Gasteiger partial charge in [0.1, 0.15) is 11.4 Å². The van der Waals surface area contributed by atoms with Crippen LogP contribution in [0.2, 0.25) is 0 Å². The molecule has 0 saturated carbocycles. The van der Waals surface area contributed by atoms with E-state index in [1.165, 1.54) is 0 Å². The number of nitrogens with zero attached hydrogens (tertiary/aromatic N) is 3. The lowest BCUT2D eigenvalue weighted by Crippen LogP contribution is -1.91. The Labute approximate surface area is 115 Å². The first kappa shape index (κ1) is 12.3. The molecule has 3 rings (SSSR count). The molecule has 3 aromatic rings. The zero-order valence-electron chi connectivity index (χ0n) is 11.0. The van der Waals surface area contributed by atoms with E-state index in [1.807, 2.05) is 31.2 Å². The van der Waals surface area contributed by atoms with Gasteiger partial charge in [-0.05, 0) is 37.3 Å². The Kier molecular flexibility index (Phi) is 3.16. The van der Waals surface area contributed by atoms with Gasteiger partial charge in [0, 0.05) is 18.0 Å². The van der Waals surface area contributed by atoms with Gasteiger partial charge in [-0.3, -0.25) is 4.79 Å². The van der Waals surface area contributed by atoms with Crippen molar-refractivity contribution in [2.45, 2.75) is 6.92 Å². The molecule has 5 nitrogen and oxygen atoms in total. The number of rotatable bonds is 4. The first-order chi connectivity index (χ1) is 9.83. The van der Waals surface area contributed by atoms with Gasteiger partial charge in [-0.1, -0.05) is 0 Å². The molecule has 2 aromatic heterocycles. The lowest BCUT2D eigenvalue weighted by molar-refractivity contribution is 0.112. The minimum absolute atomic E-state index is 0.495. The Hall–Kier alpha value is -2.69. The third kappa shape index (κ3) is 2.03. The van der Waals surface area contributed by atoms with Gasteiger partial charge in [-0.25, -0.2) is 9.50 Å². The molecule has 0 aliphatic rings. The summed E-state index contributed by atoms with van der Waals surface area (Å²) < 4.78 is 7.01. The van der Waals surface area contributed by atoms with Crippen LogP contribution in [0.25, 0.3) is 16.9 Å². The van der Waals surface area contributed by atoms with Gasteiger partial charge in [0.05, 0.1) is 12.2 Å². The summed E-state index contributed by atoms with van der Waals surface area (Å²) >= 11 is 0. The fourth-order valence-corrected chi connectivity index (χ4v) is 2.10. The fourth-order valence-electron chi connectivity index (χ4n) is 2.10. The summed E-state index contributed by atoms with van der Waals surface area (Å²) in [7, 11) is 0. The molecule has 20 heavy (non-hydrogen) atoms. The molecular weight excluding hydrogens is 254 g/mol. The third-order valence-electron chi connectivity index (χ3n) is 2.99. The van der Waals surface area contributed by atoms with Gasteiger partial charge in [0.2, 0.25) is 0 Å². The topological polar surface area (TPSA) is 56.5 Å². The normalized spacial score (nSPS) is 10.7. The number of aldehydes is 1. The maximum atomic E-state index is 11.3. The Balaban J connectivity index is 2.11. The highest BCUT2D eigenvalue weighted by atomic mass is 16.5. The van der Waals surface area contributed by atoms with E-state index in [-0.39, 0.29) is 0 Å². The first-order valence-corrected chi connectivity index (χ1v) is 6.35. The highest BCUT2D eigenvalue weighted by molar-refractivity contribution is 5.93. The zero-order valence-corrected chi connectivity index (χ0v) is 11.0. The van der Waals surface area contributed by atoms with Gasteiger partial charge >= 0.3 is 0 Å². The summed E-state index contributed by atoms with van der Waals surface area (Å²) in [6.07, 6.45) is 4.21. The number of hydrogen-bond acceptors (Lipinski definition) is 4. The van der Waals surface area contributed by atoms with E-state index < -0.39 is 0 Å². The van der Waals surface area contributed by atoms with E-state index in [2.05, 4.69) is 10.1 Å². The molecule has 0 amide bonds. The smallest absolute Gasteiger partial charge is 0.166 e. The van der Waals surface area contributed by atoms with Crippen LogP contribution in [0.3, 0.4) is 0 Å². The van der Waals surface area contributed by atoms with Crippen molar-refractivity contribution in [3.05, 3.63) is 48.3 Å². The summed E-state index contributed by atoms with van der Waals surface area (Å²) in [6.45, 7) is 2.56. The number of aromatic nitrogens is 3. The number of ether oxygens (including phenoxy) is 1. The van der Waals surface area contributed by atoms with E-state index in [9.17, 15) is 4.79 Å². The highest BCUT2D eigenvalue weighted by Crippen LogP contribution is 2.25. The minimum atomic E-state index is 0.495. The van der Waals surface area contributed by atoms with Gasteiger partial charge < -0.3 is 4.74 Å². The van der Waals surface area contributed by atoms with Crippen molar-refractivity contribution in [1.29, 1.82) is 0 Å². The molecule has 0 bridgehead atoms. The van der Waals surface area contributed by atoms with Crippen LogP contribution in [-0.2, 0) is 0 Å². The Bertz CT molecular complexity index is 747. The maximum absolute atomic E-state index is 11.3. The lowest BCUT2D eigenvalue weighted by Gasteiger charge is -2.03. The molecule has 0 fully saturated rings. The molecule has 0 aliphatic heterocycles. The van der Waals surface area contributed by atoms with Gasteiger partial charge in [-0.15, -0.1) is 0 Å². The second kappa shape index (κ2) is 5.13. The Morgan fingerprint density at radius 2 is 2.10 bits per heavy atom. The summed E-state index contributed by atoms with van der Waals surface area (Å²) in [6, 6.07) is 9.28. The van der Waals surface area contributed by atoms with Crippen molar-refractivity contribution in [3.63, 3.8) is 0 Å². The molecule has 2 heterocycles. The summed E-state index contributed by atoms with van der Waals surface area (Å²) in [4.78, 5) is 15.5. The second-order valence-electron chi connectivity index (χ2n) is 4.23. The lowest BCUT2D eigenvalue weighted by atomic mass is 10.1. The largest absolute Gasteiger partial charge is 0.494 e. The third-order valence-corrected chi connectivity index (χ3v) is 2.99. The number of benzene rings is 1. The van der Waals surface area contributed by atoms with Crippen LogP contribution in [0.1, 0.15) is 17.3 Å². The molecule has 0 N–H and O–H groups in total. The molecule has 0 saturated heterocycles. The van der Waals surface area contributed by atoms with Crippen LogP contribution in [-0.4, -0.2) is 27.5 Å². The van der Waals surface area contributed by atoms with E-state index >= 15 is 0 Å². The van der Waals surface area contributed by atoms with E-state index in [1.54, 1.807) is 23.0 Å². The van der Waals surface area contributed by atoms with Crippen LogP contribution in [0.4, 0.5) is 0 Å². The van der Waals surface area contributed by atoms with Crippen molar-refractivity contribution in [2.24, 2.45) is 0 Å². The number of fused-ring (bicyclic) bond motifs is 1. The summed E-state index contributed by atoms with van der Waals surface area (Å²) in [5.74, 6) is 0.797. The summed E-state index contributed by atoms with van der Waals surface area (Å²) in [5, 5.41) is 4.41. The summed E-state index contributed by atoms with van der Waals surface area (Å²) in [5.41, 5.74) is 2.55. The first-order valence-electron chi connectivity index (χ1n) is 6.35. The van der Waals surface area contributed by atoms with Crippen LogP contribution < -0.4 is 4.74 Å². The molecule has 0 spiro atoms. The average Bonchev–Trinajstić information content (AvgIpc) is 2.87. The van der Waals surface area contributed by atoms with Crippen LogP contribution in [0, 0.1) is 0 Å². The van der Waals surface area contributed by atoms with E-state index in [0.29, 0.717) is 23.5 Å². The van der Waals surface area contributed by atoms with E-state index in [4.69, 9.17) is 4.74 Å². The van der Waals surface area contributed by atoms with Crippen molar-refractivity contribution in [2.75, 3.05) is 6.61 Å². The Morgan fingerprint density at radius 3 is 2.80 bits per heavy atom. The molecule has 5 heteroatoms. The van der Waals surface area contributed by atoms with E-state index in [0.717, 1.165) is 17.6 Å². The molecule has 0 unspecified atom stereocenters. The molecular formula is C15H13N3O2.